The summed E-state index contributed by atoms with van der Waals surface area (Å²) in [5, 5.41) is 3.55. The predicted molar refractivity (Wildman–Crippen MR) is 137 cm³/mol. The Kier molecular flexibility index (Phi) is 8.50. The van der Waals surface area contributed by atoms with Crippen LogP contribution >= 0.6 is 7.92 Å². The average Bonchev–Trinajstić information content (AvgIpc) is 3.35. The van der Waals surface area contributed by atoms with Crippen LogP contribution in [-0.2, 0) is 0 Å². The Balaban J connectivity index is 2.15. The first kappa shape index (κ1) is 24.3. The quantitative estimate of drug-likeness (QED) is 0.333. The predicted octanol–water partition coefficient (Wildman–Crippen LogP) is 6.55. The normalized spacial score (nSPS) is 19.9. The molecule has 0 heterocycles. The summed E-state index contributed by atoms with van der Waals surface area (Å²) in [5.41, 5.74) is 3.66. The number of rotatable bonds is 8. The first-order chi connectivity index (χ1) is 14.3. The second kappa shape index (κ2) is 10.5. The van der Waals surface area contributed by atoms with Crippen LogP contribution in [0.1, 0.15) is 120 Å². The Labute approximate surface area is 189 Å². The van der Waals surface area contributed by atoms with E-state index in [-0.39, 0.29) is 7.92 Å². The number of nitrogens with zero attached hydrogens (tertiary/aromatic N) is 2. The monoisotopic (exact) mass is 433 g/mol. The molecule has 30 heavy (non-hydrogen) atoms. The van der Waals surface area contributed by atoms with Crippen LogP contribution in [0.3, 0.4) is 0 Å². The summed E-state index contributed by atoms with van der Waals surface area (Å²) >= 11 is 0. The molecule has 2 aliphatic carbocycles. The van der Waals surface area contributed by atoms with E-state index in [0.717, 1.165) is 11.3 Å². The number of anilines is 1. The summed E-state index contributed by atoms with van der Waals surface area (Å²) in [5.74, 6) is 0. The van der Waals surface area contributed by atoms with Crippen molar-refractivity contribution in [2.24, 2.45) is 0 Å². The molecule has 0 aliphatic heterocycles. The van der Waals surface area contributed by atoms with E-state index in [4.69, 9.17) is 0 Å². The van der Waals surface area contributed by atoms with E-state index in [1.165, 1.54) is 64.2 Å². The highest BCUT2D eigenvalue weighted by molar-refractivity contribution is 7.68. The van der Waals surface area contributed by atoms with Gasteiger partial charge in [-0.2, -0.15) is 0 Å². The van der Waals surface area contributed by atoms with E-state index in [2.05, 4.69) is 64.9 Å². The molecule has 0 aromatic heterocycles. The molecule has 2 aliphatic rings. The van der Waals surface area contributed by atoms with Gasteiger partial charge in [0.15, 0.2) is 0 Å². The van der Waals surface area contributed by atoms with Gasteiger partial charge in [0, 0.05) is 12.1 Å². The molecular formula is C27H50N2P+. The largest absolute Gasteiger partial charge is 0.361 e. The molecule has 2 saturated carbocycles. The molecule has 0 bridgehead atoms. The average molecular weight is 434 g/mol. The van der Waals surface area contributed by atoms with Gasteiger partial charge in [0.1, 0.15) is 17.8 Å². The number of hydrogen-bond acceptors (Lipinski definition) is 1. The van der Waals surface area contributed by atoms with Crippen LogP contribution in [0.5, 0.6) is 0 Å². The maximum absolute atomic E-state index is 2.77. The smallest absolute Gasteiger partial charge is 0.234 e. The number of hydrogen-bond donors (Lipinski definition) is 0. The Morgan fingerprint density at radius 2 is 1.07 bits per heavy atom. The van der Waals surface area contributed by atoms with Crippen LogP contribution in [0.4, 0.5) is 5.69 Å². The van der Waals surface area contributed by atoms with Gasteiger partial charge in [-0.15, -0.1) is 0 Å². The van der Waals surface area contributed by atoms with Crippen LogP contribution in [0.25, 0.3) is 0 Å². The van der Waals surface area contributed by atoms with Gasteiger partial charge in [-0.3, -0.25) is 0 Å². The van der Waals surface area contributed by atoms with Crippen molar-refractivity contribution in [1.29, 1.82) is 0 Å². The SMILES string of the molecule is CC(C)N(c1c(P(C2CCCCC2)C2CCCCC2)c1=[N+](C(C)C)C(C)C)C(C)C. The van der Waals surface area contributed by atoms with Crippen LogP contribution in [0.2, 0.25) is 0 Å². The van der Waals surface area contributed by atoms with Crippen molar-refractivity contribution in [2.45, 2.75) is 155 Å². The van der Waals surface area contributed by atoms with E-state index in [0.29, 0.717) is 24.2 Å². The fraction of sp³-hybridized carbons (Fsp3) is 0.889. The second-order valence-electron chi connectivity index (χ2n) is 11.2. The molecule has 0 unspecified atom stereocenters. The highest BCUT2D eigenvalue weighted by Gasteiger charge is 2.46. The van der Waals surface area contributed by atoms with Gasteiger partial charge < -0.3 is 4.90 Å². The van der Waals surface area contributed by atoms with Crippen molar-refractivity contribution >= 4 is 18.9 Å². The van der Waals surface area contributed by atoms with E-state index < -0.39 is 0 Å². The molecule has 0 atom stereocenters. The summed E-state index contributed by atoms with van der Waals surface area (Å²) in [6.45, 7) is 19.2. The van der Waals surface area contributed by atoms with Crippen LogP contribution in [0, 0.1) is 0 Å². The van der Waals surface area contributed by atoms with Gasteiger partial charge in [0.2, 0.25) is 5.36 Å². The molecule has 1 aromatic rings. The lowest BCUT2D eigenvalue weighted by atomic mass is 9.99. The zero-order valence-electron chi connectivity index (χ0n) is 21.4. The second-order valence-corrected chi connectivity index (χ2v) is 13.9. The van der Waals surface area contributed by atoms with E-state index in [1.807, 2.05) is 5.30 Å². The van der Waals surface area contributed by atoms with Gasteiger partial charge in [-0.1, -0.05) is 46.4 Å². The summed E-state index contributed by atoms with van der Waals surface area (Å²) in [6.07, 6.45) is 14.8. The van der Waals surface area contributed by atoms with Gasteiger partial charge in [-0.25, -0.2) is 4.58 Å². The third kappa shape index (κ3) is 5.16. The van der Waals surface area contributed by atoms with Crippen LogP contribution in [0.15, 0.2) is 0 Å². The van der Waals surface area contributed by atoms with Crippen molar-refractivity contribution < 1.29 is 0 Å². The minimum Gasteiger partial charge on any atom is -0.361 e. The highest BCUT2D eigenvalue weighted by Crippen LogP contribution is 2.57. The van der Waals surface area contributed by atoms with E-state index in [9.17, 15) is 0 Å². The summed E-state index contributed by atoms with van der Waals surface area (Å²) < 4.78 is 2.77. The Morgan fingerprint density at radius 3 is 1.40 bits per heavy atom. The lowest BCUT2D eigenvalue weighted by molar-refractivity contribution is 0.429. The molecule has 0 spiro atoms. The molecule has 0 N–H and O–H groups in total. The first-order valence-corrected chi connectivity index (χ1v) is 14.7. The standard InChI is InChI=1S/C27H50N2P/c1-19(2)28(20(3)4)25-26(29(21(5)6)22(7)8)27(25)30(23-15-11-9-12-16-23)24-17-13-10-14-18-24/h19-24H,9-18H2,1-8H3/q+1. The van der Waals surface area contributed by atoms with Crippen molar-refractivity contribution in [2.75, 3.05) is 4.90 Å². The van der Waals surface area contributed by atoms with Crippen LogP contribution in [-0.4, -0.2) is 35.5 Å². The molecule has 1 aromatic carbocycles. The van der Waals surface area contributed by atoms with E-state index in [1.54, 1.807) is 11.0 Å². The lowest BCUT2D eigenvalue weighted by Gasteiger charge is -2.37. The van der Waals surface area contributed by atoms with Gasteiger partial charge in [0.05, 0.1) is 5.30 Å². The third-order valence-corrected chi connectivity index (χ3v) is 11.1. The Morgan fingerprint density at radius 1 is 0.667 bits per heavy atom. The fourth-order valence-electron chi connectivity index (χ4n) is 6.50. The lowest BCUT2D eigenvalue weighted by Crippen LogP contribution is -2.42. The summed E-state index contributed by atoms with van der Waals surface area (Å²) in [7, 11) is -0.0282. The minimum atomic E-state index is -0.0282. The minimum absolute atomic E-state index is 0.0282. The fourth-order valence-corrected chi connectivity index (χ4v) is 10.5. The molecule has 0 radical (unpaired) electrons. The molecule has 2 fully saturated rings. The van der Waals surface area contributed by atoms with Crippen molar-refractivity contribution in [3.8, 4) is 0 Å². The molecule has 0 saturated heterocycles. The Hall–Kier alpha value is -0.360. The molecule has 0 amide bonds. The summed E-state index contributed by atoms with van der Waals surface area (Å²) in [6, 6.07) is 2.29. The van der Waals surface area contributed by atoms with Crippen molar-refractivity contribution in [3.05, 3.63) is 5.36 Å². The van der Waals surface area contributed by atoms with E-state index >= 15 is 0 Å². The maximum Gasteiger partial charge on any atom is 0.234 e. The van der Waals surface area contributed by atoms with Gasteiger partial charge in [0.25, 0.3) is 0 Å². The van der Waals surface area contributed by atoms with Gasteiger partial charge >= 0.3 is 0 Å². The highest BCUT2D eigenvalue weighted by atomic mass is 31.1. The molecule has 2 nitrogen and oxygen atoms in total. The first-order valence-electron chi connectivity index (χ1n) is 13.2. The molecular weight excluding hydrogens is 383 g/mol. The zero-order chi connectivity index (χ0) is 22.0. The maximum atomic E-state index is 2.77. The van der Waals surface area contributed by atoms with Crippen molar-refractivity contribution in [1.82, 2.24) is 4.58 Å². The molecule has 172 valence electrons. The Bertz CT molecular complexity index is 644. The third-order valence-electron chi connectivity index (χ3n) is 7.55. The molecule has 3 rings (SSSR count). The van der Waals surface area contributed by atoms with Crippen molar-refractivity contribution in [3.63, 3.8) is 0 Å². The molecule has 3 heteroatoms. The van der Waals surface area contributed by atoms with Gasteiger partial charge in [-0.05, 0) is 92.4 Å². The van der Waals surface area contributed by atoms with Crippen LogP contribution < -0.4 is 20.1 Å². The summed E-state index contributed by atoms with van der Waals surface area (Å²) in [4.78, 5) is 2.77. The topological polar surface area (TPSA) is 6.25 Å². The zero-order valence-corrected chi connectivity index (χ0v) is 22.3.